The molecule has 4 heteroatoms. The van der Waals surface area contributed by atoms with E-state index in [4.69, 9.17) is 39.5 Å². The van der Waals surface area contributed by atoms with Gasteiger partial charge in [0.2, 0.25) is 0 Å². The second-order valence-electron chi connectivity index (χ2n) is 4.45. The van der Waals surface area contributed by atoms with Crippen molar-refractivity contribution < 1.29 is 4.74 Å². The third-order valence-corrected chi connectivity index (χ3v) is 3.68. The average Bonchev–Trinajstić information content (AvgIpc) is 2.28. The van der Waals surface area contributed by atoms with Gasteiger partial charge in [-0.05, 0) is 30.4 Å². The zero-order valence-electron chi connectivity index (χ0n) is 10.3. The second-order valence-corrected chi connectivity index (χ2v) is 5.79. The SMILES string of the molecule is COc1cc(Cl)c(C(Cl)CCC(C)C)cc1Cl. The van der Waals surface area contributed by atoms with Crippen molar-refractivity contribution in [2.75, 3.05) is 7.11 Å². The molecule has 0 aliphatic heterocycles. The maximum atomic E-state index is 6.34. The third-order valence-electron chi connectivity index (χ3n) is 2.61. The molecule has 0 aliphatic rings. The number of methoxy groups -OCH3 is 1. The summed E-state index contributed by atoms with van der Waals surface area (Å²) in [5.74, 6) is 1.21. The molecule has 0 N–H and O–H groups in total. The summed E-state index contributed by atoms with van der Waals surface area (Å²) in [4.78, 5) is 0. The van der Waals surface area contributed by atoms with E-state index in [1.165, 1.54) is 0 Å². The Morgan fingerprint density at radius 3 is 2.29 bits per heavy atom. The molecule has 0 bridgehead atoms. The van der Waals surface area contributed by atoms with E-state index in [0.717, 1.165) is 18.4 Å². The maximum absolute atomic E-state index is 6.34. The Kier molecular flexibility index (Phi) is 5.91. The van der Waals surface area contributed by atoms with Crippen LogP contribution in [0.4, 0.5) is 0 Å². The minimum atomic E-state index is -0.103. The van der Waals surface area contributed by atoms with Crippen LogP contribution in [0.3, 0.4) is 0 Å². The van der Waals surface area contributed by atoms with Crippen LogP contribution in [-0.4, -0.2) is 7.11 Å². The highest BCUT2D eigenvalue weighted by molar-refractivity contribution is 6.35. The lowest BCUT2D eigenvalue weighted by Gasteiger charge is -2.15. The highest BCUT2D eigenvalue weighted by Gasteiger charge is 2.15. The normalized spacial score (nSPS) is 12.9. The van der Waals surface area contributed by atoms with Gasteiger partial charge in [-0.1, -0.05) is 37.0 Å². The number of hydrogen-bond acceptors (Lipinski definition) is 1. The Morgan fingerprint density at radius 1 is 1.12 bits per heavy atom. The number of halogens is 3. The summed E-state index contributed by atoms with van der Waals surface area (Å²) in [5, 5.41) is 1.05. The van der Waals surface area contributed by atoms with E-state index < -0.39 is 0 Å². The summed E-state index contributed by atoms with van der Waals surface area (Å²) < 4.78 is 5.10. The lowest BCUT2D eigenvalue weighted by molar-refractivity contribution is 0.415. The summed E-state index contributed by atoms with van der Waals surface area (Å²) in [7, 11) is 1.56. The van der Waals surface area contributed by atoms with Gasteiger partial charge in [-0.3, -0.25) is 0 Å². The van der Waals surface area contributed by atoms with E-state index >= 15 is 0 Å². The monoisotopic (exact) mass is 294 g/mol. The smallest absolute Gasteiger partial charge is 0.138 e. The molecule has 0 heterocycles. The molecule has 96 valence electrons. The fourth-order valence-corrected chi connectivity index (χ4v) is 2.47. The third kappa shape index (κ3) is 4.24. The summed E-state index contributed by atoms with van der Waals surface area (Å²) >= 11 is 18.6. The zero-order valence-corrected chi connectivity index (χ0v) is 12.5. The highest BCUT2D eigenvalue weighted by atomic mass is 35.5. The van der Waals surface area contributed by atoms with E-state index in [0.29, 0.717) is 21.7 Å². The number of rotatable bonds is 5. The lowest BCUT2D eigenvalue weighted by Crippen LogP contribution is -1.97. The van der Waals surface area contributed by atoms with Gasteiger partial charge in [0.15, 0.2) is 0 Å². The summed E-state index contributed by atoms with van der Waals surface area (Å²) in [6.07, 6.45) is 1.95. The largest absolute Gasteiger partial charge is 0.495 e. The molecule has 0 saturated carbocycles. The molecule has 0 aromatic heterocycles. The standard InChI is InChI=1S/C13H17Cl3O/c1-8(2)4-5-10(14)9-6-12(16)13(17-3)7-11(9)15/h6-8,10H,4-5H2,1-3H3. The molecule has 0 spiro atoms. The molecule has 0 amide bonds. The second kappa shape index (κ2) is 6.72. The molecule has 1 unspecified atom stereocenters. The fraction of sp³-hybridized carbons (Fsp3) is 0.538. The van der Waals surface area contributed by atoms with Gasteiger partial charge in [-0.25, -0.2) is 0 Å². The minimum Gasteiger partial charge on any atom is -0.495 e. The van der Waals surface area contributed by atoms with Crippen molar-refractivity contribution >= 4 is 34.8 Å². The number of benzene rings is 1. The highest BCUT2D eigenvalue weighted by Crippen LogP contribution is 2.38. The van der Waals surface area contributed by atoms with Crippen molar-refractivity contribution in [2.45, 2.75) is 32.1 Å². The summed E-state index contributed by atoms with van der Waals surface area (Å²) in [5.41, 5.74) is 0.875. The first-order valence-corrected chi connectivity index (χ1v) is 6.82. The summed E-state index contributed by atoms with van der Waals surface area (Å²) in [6, 6.07) is 3.50. The quantitative estimate of drug-likeness (QED) is 0.631. The van der Waals surface area contributed by atoms with Crippen molar-refractivity contribution in [3.8, 4) is 5.75 Å². The van der Waals surface area contributed by atoms with Crippen LogP contribution in [0.25, 0.3) is 0 Å². The van der Waals surface area contributed by atoms with Crippen LogP contribution in [-0.2, 0) is 0 Å². The van der Waals surface area contributed by atoms with Crippen LogP contribution < -0.4 is 4.74 Å². The molecule has 1 aromatic rings. The Labute approximate surface area is 118 Å². The van der Waals surface area contributed by atoms with E-state index in [1.807, 2.05) is 0 Å². The molecule has 0 aliphatic carbocycles. The Balaban J connectivity index is 2.86. The molecular formula is C13H17Cl3O. The Morgan fingerprint density at radius 2 is 1.76 bits per heavy atom. The van der Waals surface area contributed by atoms with Gasteiger partial charge in [-0.15, -0.1) is 11.6 Å². The van der Waals surface area contributed by atoms with Gasteiger partial charge in [0.25, 0.3) is 0 Å². The van der Waals surface area contributed by atoms with Crippen molar-refractivity contribution in [3.63, 3.8) is 0 Å². The van der Waals surface area contributed by atoms with E-state index in [9.17, 15) is 0 Å². The number of hydrogen-bond donors (Lipinski definition) is 0. The van der Waals surface area contributed by atoms with Crippen molar-refractivity contribution in [2.24, 2.45) is 5.92 Å². The molecule has 1 atom stereocenters. The molecule has 0 saturated heterocycles. The minimum absolute atomic E-state index is 0.103. The van der Waals surface area contributed by atoms with Crippen LogP contribution in [0.5, 0.6) is 5.75 Å². The predicted octanol–water partition coefficient (Wildman–Crippen LogP) is 5.72. The van der Waals surface area contributed by atoms with Crippen LogP contribution in [0.1, 0.15) is 37.6 Å². The molecule has 0 fully saturated rings. The van der Waals surface area contributed by atoms with Crippen LogP contribution >= 0.6 is 34.8 Å². The van der Waals surface area contributed by atoms with Crippen molar-refractivity contribution in [1.29, 1.82) is 0 Å². The molecule has 0 radical (unpaired) electrons. The van der Waals surface area contributed by atoms with Crippen LogP contribution in [0, 0.1) is 5.92 Å². The average molecular weight is 296 g/mol. The first-order valence-electron chi connectivity index (χ1n) is 5.62. The number of ether oxygens (including phenoxy) is 1. The predicted molar refractivity (Wildman–Crippen MR) is 75.7 cm³/mol. The maximum Gasteiger partial charge on any atom is 0.138 e. The Hall–Kier alpha value is -0.110. The molecular weight excluding hydrogens is 279 g/mol. The van der Waals surface area contributed by atoms with E-state index in [2.05, 4.69) is 13.8 Å². The van der Waals surface area contributed by atoms with Crippen molar-refractivity contribution in [1.82, 2.24) is 0 Å². The van der Waals surface area contributed by atoms with Crippen LogP contribution in [0.2, 0.25) is 10.0 Å². The van der Waals surface area contributed by atoms with E-state index in [1.54, 1.807) is 19.2 Å². The molecule has 17 heavy (non-hydrogen) atoms. The lowest BCUT2D eigenvalue weighted by atomic mass is 10.0. The van der Waals surface area contributed by atoms with Crippen LogP contribution in [0.15, 0.2) is 12.1 Å². The van der Waals surface area contributed by atoms with Gasteiger partial charge in [0.05, 0.1) is 17.5 Å². The van der Waals surface area contributed by atoms with E-state index in [-0.39, 0.29) is 5.38 Å². The molecule has 1 aromatic carbocycles. The molecule has 1 nitrogen and oxygen atoms in total. The fourth-order valence-electron chi connectivity index (χ4n) is 1.58. The van der Waals surface area contributed by atoms with Gasteiger partial charge in [0, 0.05) is 11.1 Å². The topological polar surface area (TPSA) is 9.23 Å². The first kappa shape index (κ1) is 14.9. The Bertz CT molecular complexity index is 377. The number of alkyl halides is 1. The summed E-state index contributed by atoms with van der Waals surface area (Å²) in [6.45, 7) is 4.35. The molecule has 1 rings (SSSR count). The van der Waals surface area contributed by atoms with Gasteiger partial charge in [0.1, 0.15) is 5.75 Å². The first-order chi connectivity index (χ1) is 7.95. The van der Waals surface area contributed by atoms with Gasteiger partial charge >= 0.3 is 0 Å². The van der Waals surface area contributed by atoms with Crippen molar-refractivity contribution in [3.05, 3.63) is 27.7 Å². The van der Waals surface area contributed by atoms with Gasteiger partial charge in [-0.2, -0.15) is 0 Å². The van der Waals surface area contributed by atoms with Gasteiger partial charge < -0.3 is 4.74 Å². The zero-order chi connectivity index (χ0) is 13.0.